The lowest BCUT2D eigenvalue weighted by Gasteiger charge is -2.46. The highest BCUT2D eigenvalue weighted by Gasteiger charge is 2.46. The summed E-state index contributed by atoms with van der Waals surface area (Å²) in [7, 11) is 0. The lowest BCUT2D eigenvalue weighted by atomic mass is 9.78. The molecule has 5 heteroatoms. The molecule has 1 spiro atoms. The van der Waals surface area contributed by atoms with Crippen molar-refractivity contribution < 1.29 is 4.74 Å². The largest absolute Gasteiger partial charge is 0.369 e. The molecular weight excluding hydrogens is 340 g/mol. The quantitative estimate of drug-likeness (QED) is 0.813. The van der Waals surface area contributed by atoms with E-state index in [1.165, 1.54) is 10.4 Å². The van der Waals surface area contributed by atoms with Gasteiger partial charge in [-0.05, 0) is 49.1 Å². The van der Waals surface area contributed by atoms with Gasteiger partial charge in [0, 0.05) is 23.4 Å². The summed E-state index contributed by atoms with van der Waals surface area (Å²) in [6.07, 6.45) is 2.76. The van der Waals surface area contributed by atoms with Crippen molar-refractivity contribution in [2.45, 2.75) is 43.9 Å². The highest BCUT2D eigenvalue weighted by atomic mass is 35.5. The maximum atomic E-state index is 9.18. The molecule has 1 N–H and O–H groups in total. The van der Waals surface area contributed by atoms with E-state index in [2.05, 4.69) is 30.4 Å². The average molecular weight is 359 g/mol. The van der Waals surface area contributed by atoms with Crippen molar-refractivity contribution in [1.82, 2.24) is 5.32 Å². The number of ether oxygens (including phenoxy) is 1. The second kappa shape index (κ2) is 6.16. The van der Waals surface area contributed by atoms with Crippen LogP contribution in [0, 0.1) is 11.3 Å². The summed E-state index contributed by atoms with van der Waals surface area (Å²) in [5, 5.41) is 12.9. The fraction of sp³-hybridized carbons (Fsp3) is 0.421. The third-order valence-electron chi connectivity index (χ3n) is 5.02. The Morgan fingerprint density at radius 3 is 3.08 bits per heavy atom. The summed E-state index contributed by atoms with van der Waals surface area (Å²) in [6.45, 7) is 2.95. The number of nitrogens with zero attached hydrogens (tertiary/aromatic N) is 1. The van der Waals surface area contributed by atoms with E-state index < -0.39 is 0 Å². The molecule has 0 unspecified atom stereocenters. The second-order valence-electron chi connectivity index (χ2n) is 6.76. The van der Waals surface area contributed by atoms with E-state index in [0.29, 0.717) is 11.6 Å². The van der Waals surface area contributed by atoms with Crippen LogP contribution >= 0.6 is 22.9 Å². The first kappa shape index (κ1) is 16.1. The van der Waals surface area contributed by atoms with Crippen molar-refractivity contribution in [3.8, 4) is 6.07 Å². The fourth-order valence-corrected chi connectivity index (χ4v) is 5.56. The molecule has 2 aliphatic rings. The molecule has 0 saturated carbocycles. The van der Waals surface area contributed by atoms with Crippen LogP contribution in [-0.4, -0.2) is 12.6 Å². The molecule has 2 aromatic rings. The number of hydrogen-bond donors (Lipinski definition) is 1. The first-order valence-electron chi connectivity index (χ1n) is 8.28. The van der Waals surface area contributed by atoms with Crippen LogP contribution in [0.5, 0.6) is 0 Å². The number of fused-ring (bicyclic) bond motifs is 2. The molecule has 0 amide bonds. The molecule has 24 heavy (non-hydrogen) atoms. The van der Waals surface area contributed by atoms with Crippen molar-refractivity contribution in [3.63, 3.8) is 0 Å². The van der Waals surface area contributed by atoms with Gasteiger partial charge in [0.2, 0.25) is 0 Å². The van der Waals surface area contributed by atoms with Gasteiger partial charge in [0.05, 0.1) is 22.6 Å². The van der Waals surface area contributed by atoms with E-state index in [4.69, 9.17) is 16.3 Å². The van der Waals surface area contributed by atoms with Crippen LogP contribution in [0.4, 0.5) is 0 Å². The molecule has 3 heterocycles. The van der Waals surface area contributed by atoms with Gasteiger partial charge >= 0.3 is 0 Å². The Morgan fingerprint density at radius 2 is 2.25 bits per heavy atom. The maximum absolute atomic E-state index is 9.18. The predicted octanol–water partition coefficient (Wildman–Crippen LogP) is 4.55. The normalized spacial score (nSPS) is 29.2. The molecule has 2 aliphatic heterocycles. The molecule has 0 aliphatic carbocycles. The van der Waals surface area contributed by atoms with Gasteiger partial charge in [0.25, 0.3) is 0 Å². The third kappa shape index (κ3) is 2.76. The van der Waals surface area contributed by atoms with Crippen molar-refractivity contribution in [2.24, 2.45) is 0 Å². The molecular formula is C19H19ClN2OS. The minimum atomic E-state index is -0.261. The zero-order valence-corrected chi connectivity index (χ0v) is 15.1. The van der Waals surface area contributed by atoms with Crippen LogP contribution in [0.1, 0.15) is 47.4 Å². The maximum Gasteiger partial charge on any atom is 0.106 e. The van der Waals surface area contributed by atoms with Gasteiger partial charge in [-0.15, -0.1) is 11.3 Å². The monoisotopic (exact) mass is 358 g/mol. The molecule has 3 nitrogen and oxygen atoms in total. The number of halogens is 1. The molecule has 1 aromatic carbocycles. The summed E-state index contributed by atoms with van der Waals surface area (Å²) < 4.78 is 7.22. The molecule has 0 radical (unpaired) electrons. The first-order chi connectivity index (χ1) is 11.6. The minimum absolute atomic E-state index is 0.175. The number of nitrogens with one attached hydrogen (secondary N) is 1. The molecule has 1 saturated heterocycles. The lowest BCUT2D eigenvalue weighted by Crippen LogP contribution is -2.49. The Kier molecular flexibility index (Phi) is 4.14. The zero-order valence-electron chi connectivity index (χ0n) is 13.5. The highest BCUT2D eigenvalue weighted by Crippen LogP contribution is 2.49. The van der Waals surface area contributed by atoms with Crippen molar-refractivity contribution >= 4 is 22.9 Å². The van der Waals surface area contributed by atoms with Crippen LogP contribution in [-0.2, 0) is 16.8 Å². The molecule has 4 rings (SSSR count). The first-order valence-corrected chi connectivity index (χ1v) is 9.48. The Labute approximate surface area is 151 Å². The van der Waals surface area contributed by atoms with E-state index in [1.54, 1.807) is 11.3 Å². The van der Waals surface area contributed by atoms with Gasteiger partial charge in [-0.3, -0.25) is 0 Å². The minimum Gasteiger partial charge on any atom is -0.369 e. The standard InChI is InChI=1S/C19H19ClN2OS/c1-12-9-19(18-15(5-6-23-19)8-17(20)24-18)10-16(22-12)14-4-2-3-13(7-14)11-21/h2-4,7-8,12,16,22H,5-6,9-10H2,1H3/t12-,16-,19-/m0/s1. The molecule has 0 bridgehead atoms. The van der Waals surface area contributed by atoms with Gasteiger partial charge in [-0.2, -0.15) is 5.26 Å². The summed E-state index contributed by atoms with van der Waals surface area (Å²) in [5.41, 5.74) is 2.93. The van der Waals surface area contributed by atoms with Crippen LogP contribution < -0.4 is 5.32 Å². The van der Waals surface area contributed by atoms with E-state index in [9.17, 15) is 5.26 Å². The third-order valence-corrected chi connectivity index (χ3v) is 6.51. The van der Waals surface area contributed by atoms with E-state index >= 15 is 0 Å². The van der Waals surface area contributed by atoms with Gasteiger partial charge in [-0.1, -0.05) is 23.7 Å². The van der Waals surface area contributed by atoms with Crippen LogP contribution in [0.3, 0.4) is 0 Å². The molecule has 1 fully saturated rings. The predicted molar refractivity (Wildman–Crippen MR) is 96.4 cm³/mol. The second-order valence-corrected chi connectivity index (χ2v) is 8.45. The summed E-state index contributed by atoms with van der Waals surface area (Å²) >= 11 is 7.96. The number of piperidine rings is 1. The Morgan fingerprint density at radius 1 is 1.38 bits per heavy atom. The summed E-state index contributed by atoms with van der Waals surface area (Å²) in [5.74, 6) is 0. The lowest BCUT2D eigenvalue weighted by molar-refractivity contribution is -0.0954. The van der Waals surface area contributed by atoms with Crippen molar-refractivity contribution in [1.29, 1.82) is 5.26 Å². The van der Waals surface area contributed by atoms with E-state index in [1.807, 2.05) is 18.2 Å². The number of thiophene rings is 1. The van der Waals surface area contributed by atoms with Crippen molar-refractivity contribution in [2.75, 3.05) is 6.61 Å². The van der Waals surface area contributed by atoms with Gasteiger partial charge in [0.1, 0.15) is 5.60 Å². The van der Waals surface area contributed by atoms with Crippen LogP contribution in [0.15, 0.2) is 30.3 Å². The Balaban J connectivity index is 1.72. The SMILES string of the molecule is C[C@H]1C[C@@]2(C[C@@H](c3cccc(C#N)c3)N1)OCCc1cc(Cl)sc12. The highest BCUT2D eigenvalue weighted by molar-refractivity contribution is 7.16. The molecule has 124 valence electrons. The smallest absolute Gasteiger partial charge is 0.106 e. The number of benzene rings is 1. The number of nitriles is 1. The number of rotatable bonds is 1. The Hall–Kier alpha value is -1.38. The van der Waals surface area contributed by atoms with E-state index in [-0.39, 0.29) is 11.6 Å². The van der Waals surface area contributed by atoms with Crippen LogP contribution in [0.25, 0.3) is 0 Å². The molecule has 3 atom stereocenters. The Bertz CT molecular complexity index is 812. The van der Waals surface area contributed by atoms with Gasteiger partial charge in [-0.25, -0.2) is 0 Å². The summed E-state index contributed by atoms with van der Waals surface area (Å²) in [4.78, 5) is 1.30. The fourth-order valence-electron chi connectivity index (χ4n) is 4.10. The number of hydrogen-bond acceptors (Lipinski definition) is 4. The average Bonchev–Trinajstić information content (AvgIpc) is 2.96. The van der Waals surface area contributed by atoms with Crippen LogP contribution in [0.2, 0.25) is 4.34 Å². The van der Waals surface area contributed by atoms with Crippen molar-refractivity contribution in [3.05, 3.63) is 56.2 Å². The molecule has 1 aromatic heterocycles. The van der Waals surface area contributed by atoms with E-state index in [0.717, 1.165) is 35.8 Å². The summed E-state index contributed by atoms with van der Waals surface area (Å²) in [6, 6.07) is 12.7. The van der Waals surface area contributed by atoms with Gasteiger partial charge < -0.3 is 10.1 Å². The van der Waals surface area contributed by atoms with Gasteiger partial charge in [0.15, 0.2) is 0 Å². The topological polar surface area (TPSA) is 45.0 Å². The zero-order chi connectivity index (χ0) is 16.7.